The molecule has 0 saturated heterocycles. The number of hydrogen-bond acceptors (Lipinski definition) is 6. The average molecular weight is 381 g/mol. The minimum Gasteiger partial charge on any atom is -0.502 e. The number of thiocarbonyl (C=S) groups is 1. The summed E-state index contributed by atoms with van der Waals surface area (Å²) in [6.07, 6.45) is 1.17. The molecule has 8 nitrogen and oxygen atoms in total. The summed E-state index contributed by atoms with van der Waals surface area (Å²) in [5.74, 6) is 0.124. The van der Waals surface area contributed by atoms with E-state index in [1.165, 1.54) is 12.3 Å². The first-order chi connectivity index (χ1) is 11.9. The molecule has 2 rings (SSSR count). The van der Waals surface area contributed by atoms with E-state index in [1.807, 2.05) is 0 Å². The molecule has 0 atom stereocenters. The van der Waals surface area contributed by atoms with Gasteiger partial charge in [-0.1, -0.05) is 17.7 Å². The van der Waals surface area contributed by atoms with Crippen LogP contribution < -0.4 is 15.5 Å². The van der Waals surface area contributed by atoms with Gasteiger partial charge in [0.2, 0.25) is 5.75 Å². The Hall–Kier alpha value is -2.91. The van der Waals surface area contributed by atoms with Crippen molar-refractivity contribution in [3.63, 3.8) is 0 Å². The maximum absolute atomic E-state index is 10.8. The lowest BCUT2D eigenvalue weighted by Crippen LogP contribution is -2.23. The third-order valence-corrected chi connectivity index (χ3v) is 3.39. The summed E-state index contributed by atoms with van der Waals surface area (Å²) in [5, 5.41) is 27.7. The zero-order chi connectivity index (χ0) is 18.4. The van der Waals surface area contributed by atoms with Crippen LogP contribution >= 0.6 is 23.8 Å². The zero-order valence-corrected chi connectivity index (χ0v) is 14.5. The Kier molecular flexibility index (Phi) is 6.09. The number of anilines is 1. The van der Waals surface area contributed by atoms with Crippen molar-refractivity contribution in [1.82, 2.24) is 5.43 Å². The number of nitro benzene ring substituents is 1. The van der Waals surface area contributed by atoms with Crippen LogP contribution in [0.4, 0.5) is 11.4 Å². The number of phenols is 1. The highest BCUT2D eigenvalue weighted by atomic mass is 35.5. The van der Waals surface area contributed by atoms with Gasteiger partial charge >= 0.3 is 5.69 Å². The fraction of sp³-hybridized carbons (Fsp3) is 0.0667. The second kappa shape index (κ2) is 8.27. The van der Waals surface area contributed by atoms with Crippen molar-refractivity contribution in [3.8, 4) is 11.5 Å². The number of halogens is 1. The van der Waals surface area contributed by atoms with Gasteiger partial charge < -0.3 is 15.2 Å². The van der Waals surface area contributed by atoms with Gasteiger partial charge in [0.15, 0.2) is 5.11 Å². The third-order valence-electron chi connectivity index (χ3n) is 2.98. The molecule has 0 fully saturated rings. The third kappa shape index (κ3) is 5.03. The van der Waals surface area contributed by atoms with E-state index in [1.54, 1.807) is 31.4 Å². The topological polar surface area (TPSA) is 109 Å². The Morgan fingerprint density at radius 2 is 2.20 bits per heavy atom. The summed E-state index contributed by atoms with van der Waals surface area (Å²) in [6.45, 7) is 0. The van der Waals surface area contributed by atoms with Gasteiger partial charge in [0.1, 0.15) is 5.75 Å². The van der Waals surface area contributed by atoms with Crippen molar-refractivity contribution >= 4 is 46.5 Å². The number of nitrogens with one attached hydrogen (secondary N) is 2. The Morgan fingerprint density at radius 3 is 2.88 bits per heavy atom. The van der Waals surface area contributed by atoms with Crippen molar-refractivity contribution in [1.29, 1.82) is 0 Å². The summed E-state index contributed by atoms with van der Waals surface area (Å²) in [7, 11) is 1.55. The number of rotatable bonds is 5. The molecule has 0 spiro atoms. The Morgan fingerprint density at radius 1 is 1.44 bits per heavy atom. The van der Waals surface area contributed by atoms with Gasteiger partial charge in [0.05, 0.1) is 18.2 Å². The van der Waals surface area contributed by atoms with Crippen LogP contribution in [0.25, 0.3) is 0 Å². The minimum atomic E-state index is -0.735. The lowest BCUT2D eigenvalue weighted by atomic mass is 10.2. The van der Waals surface area contributed by atoms with Crippen LogP contribution in [-0.4, -0.2) is 28.5 Å². The molecular weight excluding hydrogens is 368 g/mol. The van der Waals surface area contributed by atoms with Gasteiger partial charge in [-0.25, -0.2) is 0 Å². The maximum Gasteiger partial charge on any atom is 0.312 e. The standard InChI is InChI=1S/C15H13ClN4O4S/c1-24-12-4-2-3-11(7-12)18-15(25)19-17-8-9-5-10(16)6-13(14(9)21)20(22)23/h2-8,21H,1H3,(H2,18,19,25)/b17-8-. The molecule has 2 aromatic carbocycles. The molecule has 0 radical (unpaired) electrons. The van der Waals surface area contributed by atoms with Crippen molar-refractivity contribution in [2.45, 2.75) is 0 Å². The van der Waals surface area contributed by atoms with E-state index in [9.17, 15) is 15.2 Å². The van der Waals surface area contributed by atoms with E-state index in [0.29, 0.717) is 11.4 Å². The Balaban J connectivity index is 2.05. The van der Waals surface area contributed by atoms with Crippen LogP contribution in [0.1, 0.15) is 5.56 Å². The quantitative estimate of drug-likeness (QED) is 0.316. The van der Waals surface area contributed by atoms with E-state index in [0.717, 1.165) is 6.07 Å². The number of benzene rings is 2. The van der Waals surface area contributed by atoms with Crippen LogP contribution in [0.15, 0.2) is 41.5 Å². The predicted octanol–water partition coefficient (Wildman–Crippen LogP) is 3.28. The molecule has 10 heteroatoms. The first-order valence-electron chi connectivity index (χ1n) is 6.81. The Bertz CT molecular complexity index is 844. The van der Waals surface area contributed by atoms with Gasteiger partial charge in [-0.2, -0.15) is 5.10 Å². The molecule has 0 aliphatic heterocycles. The molecule has 2 aromatic rings. The van der Waals surface area contributed by atoms with Gasteiger partial charge in [-0.15, -0.1) is 0 Å². The highest BCUT2D eigenvalue weighted by molar-refractivity contribution is 7.80. The van der Waals surface area contributed by atoms with E-state index < -0.39 is 16.4 Å². The van der Waals surface area contributed by atoms with E-state index >= 15 is 0 Å². The highest BCUT2D eigenvalue weighted by Gasteiger charge is 2.17. The average Bonchev–Trinajstić information content (AvgIpc) is 2.57. The van der Waals surface area contributed by atoms with Crippen LogP contribution in [0.5, 0.6) is 11.5 Å². The van der Waals surface area contributed by atoms with E-state index in [4.69, 9.17) is 28.6 Å². The first-order valence-corrected chi connectivity index (χ1v) is 7.60. The van der Waals surface area contributed by atoms with Crippen LogP contribution in [-0.2, 0) is 0 Å². The van der Waals surface area contributed by atoms with E-state index in [2.05, 4.69) is 15.8 Å². The molecule has 3 N–H and O–H groups in total. The smallest absolute Gasteiger partial charge is 0.312 e. The molecule has 0 aliphatic rings. The Labute approximate surface area is 153 Å². The number of methoxy groups -OCH3 is 1. The number of nitro groups is 1. The monoisotopic (exact) mass is 380 g/mol. The van der Waals surface area contributed by atoms with Crippen molar-refractivity contribution in [3.05, 3.63) is 57.1 Å². The second-order valence-corrected chi connectivity index (χ2v) is 5.52. The van der Waals surface area contributed by atoms with Gasteiger partial charge in [0, 0.05) is 28.4 Å². The van der Waals surface area contributed by atoms with E-state index in [-0.39, 0.29) is 15.7 Å². The molecule has 25 heavy (non-hydrogen) atoms. The number of aromatic hydroxyl groups is 1. The lowest BCUT2D eigenvalue weighted by Gasteiger charge is -2.08. The molecule has 0 unspecified atom stereocenters. The molecule has 0 aromatic heterocycles. The summed E-state index contributed by atoms with van der Waals surface area (Å²) in [5.41, 5.74) is 2.80. The summed E-state index contributed by atoms with van der Waals surface area (Å²) >= 11 is 10.9. The van der Waals surface area contributed by atoms with Gasteiger partial charge in [-0.3, -0.25) is 15.5 Å². The number of hydrazone groups is 1. The SMILES string of the molecule is COc1cccc(NC(=S)N/N=C\c2cc(Cl)cc([N+](=O)[O-])c2O)c1. The van der Waals surface area contributed by atoms with Crippen molar-refractivity contribution < 1.29 is 14.8 Å². The molecule has 0 aliphatic carbocycles. The number of phenolic OH excluding ortho intramolecular Hbond substituents is 1. The van der Waals surface area contributed by atoms with Crippen molar-refractivity contribution in [2.24, 2.45) is 5.10 Å². The van der Waals surface area contributed by atoms with Crippen LogP contribution in [0.2, 0.25) is 5.02 Å². The normalized spacial score (nSPS) is 10.5. The molecule has 130 valence electrons. The number of hydrogen-bond donors (Lipinski definition) is 3. The van der Waals surface area contributed by atoms with Gasteiger partial charge in [0.25, 0.3) is 0 Å². The molecule has 0 heterocycles. The fourth-order valence-electron chi connectivity index (χ4n) is 1.86. The fourth-order valence-corrected chi connectivity index (χ4v) is 2.25. The van der Waals surface area contributed by atoms with Gasteiger partial charge in [-0.05, 0) is 30.4 Å². The minimum absolute atomic E-state index is 0.0795. The summed E-state index contributed by atoms with van der Waals surface area (Å²) in [4.78, 5) is 10.1. The van der Waals surface area contributed by atoms with Crippen LogP contribution in [0, 0.1) is 10.1 Å². The van der Waals surface area contributed by atoms with Crippen molar-refractivity contribution in [2.75, 3.05) is 12.4 Å². The molecule has 0 saturated carbocycles. The highest BCUT2D eigenvalue weighted by Crippen LogP contribution is 2.32. The summed E-state index contributed by atoms with van der Waals surface area (Å²) in [6, 6.07) is 9.49. The van der Waals surface area contributed by atoms with Crippen LogP contribution in [0.3, 0.4) is 0 Å². The lowest BCUT2D eigenvalue weighted by molar-refractivity contribution is -0.385. The molecule has 0 amide bonds. The molecule has 0 bridgehead atoms. The summed E-state index contributed by atoms with van der Waals surface area (Å²) < 4.78 is 5.10. The zero-order valence-electron chi connectivity index (χ0n) is 12.9. The predicted molar refractivity (Wildman–Crippen MR) is 99.7 cm³/mol. The molecular formula is C15H13ClN4O4S. The largest absolute Gasteiger partial charge is 0.502 e. The second-order valence-electron chi connectivity index (χ2n) is 4.68. The first kappa shape index (κ1) is 18.4. The maximum atomic E-state index is 10.8. The number of ether oxygens (including phenoxy) is 1. The number of nitrogens with zero attached hydrogens (tertiary/aromatic N) is 2.